The Morgan fingerprint density at radius 3 is 2.63 bits per heavy atom. The van der Waals surface area contributed by atoms with Gasteiger partial charge in [-0.1, -0.05) is 0 Å². The second-order valence-corrected chi connectivity index (χ2v) is 8.08. The number of hydrogen-bond donors (Lipinski definition) is 0. The molecule has 0 N–H and O–H groups in total. The summed E-state index contributed by atoms with van der Waals surface area (Å²) in [6, 6.07) is -0.0368. The smallest absolute Gasteiger partial charge is 0.239 e. The van der Waals surface area contributed by atoms with Crippen LogP contribution in [0.15, 0.2) is 6.20 Å². The van der Waals surface area contributed by atoms with E-state index in [0.717, 1.165) is 56.1 Å². The fourth-order valence-electron chi connectivity index (χ4n) is 4.52. The minimum absolute atomic E-state index is 0.0368. The summed E-state index contributed by atoms with van der Waals surface area (Å²) in [7, 11) is 0. The van der Waals surface area contributed by atoms with Gasteiger partial charge in [-0.2, -0.15) is 0 Å². The SMILES string of the molecule is CC(=O)N1CCC(c2ncc3c(n2)CCN(C(=O)C(C)N2CCCC2)C3)C1. The predicted molar refractivity (Wildman–Crippen MR) is 101 cm³/mol. The van der Waals surface area contributed by atoms with Crippen molar-refractivity contribution in [1.82, 2.24) is 24.7 Å². The maximum atomic E-state index is 12.9. The summed E-state index contributed by atoms with van der Waals surface area (Å²) in [5, 5.41) is 0. The molecule has 3 aliphatic rings. The van der Waals surface area contributed by atoms with Gasteiger partial charge in [0.05, 0.1) is 11.7 Å². The number of aromatic nitrogens is 2. The molecule has 1 aromatic heterocycles. The van der Waals surface area contributed by atoms with E-state index in [0.29, 0.717) is 13.1 Å². The van der Waals surface area contributed by atoms with Crippen LogP contribution in [0.5, 0.6) is 0 Å². The summed E-state index contributed by atoms with van der Waals surface area (Å²) >= 11 is 0. The van der Waals surface area contributed by atoms with E-state index < -0.39 is 0 Å². The van der Waals surface area contributed by atoms with Crippen molar-refractivity contribution in [2.24, 2.45) is 0 Å². The average Bonchev–Trinajstić information content (AvgIpc) is 3.38. The molecule has 2 atom stereocenters. The van der Waals surface area contributed by atoms with Gasteiger partial charge in [-0.3, -0.25) is 14.5 Å². The number of nitrogens with zero attached hydrogens (tertiary/aromatic N) is 5. The zero-order chi connectivity index (χ0) is 19.0. The highest BCUT2D eigenvalue weighted by Crippen LogP contribution is 2.27. The van der Waals surface area contributed by atoms with Crippen molar-refractivity contribution in [3.05, 3.63) is 23.3 Å². The minimum atomic E-state index is -0.0368. The van der Waals surface area contributed by atoms with Crippen molar-refractivity contribution in [1.29, 1.82) is 0 Å². The van der Waals surface area contributed by atoms with Gasteiger partial charge in [0.2, 0.25) is 11.8 Å². The van der Waals surface area contributed by atoms with E-state index >= 15 is 0 Å². The number of rotatable bonds is 3. The Labute approximate surface area is 160 Å². The number of amides is 2. The van der Waals surface area contributed by atoms with Gasteiger partial charge in [0.25, 0.3) is 0 Å². The van der Waals surface area contributed by atoms with Crippen LogP contribution in [0.25, 0.3) is 0 Å². The Bertz CT molecular complexity index is 731. The van der Waals surface area contributed by atoms with Crippen LogP contribution in [0.1, 0.15) is 56.1 Å². The quantitative estimate of drug-likeness (QED) is 0.798. The molecule has 0 spiro atoms. The number of fused-ring (bicyclic) bond motifs is 1. The molecule has 0 aromatic carbocycles. The Kier molecular flexibility index (Phi) is 5.12. The maximum Gasteiger partial charge on any atom is 0.239 e. The monoisotopic (exact) mass is 371 g/mol. The fraction of sp³-hybridized carbons (Fsp3) is 0.700. The summed E-state index contributed by atoms with van der Waals surface area (Å²) in [5.41, 5.74) is 2.13. The third kappa shape index (κ3) is 3.70. The molecule has 0 radical (unpaired) electrons. The van der Waals surface area contributed by atoms with E-state index in [2.05, 4.69) is 9.88 Å². The van der Waals surface area contributed by atoms with Crippen LogP contribution in [0.4, 0.5) is 0 Å². The Balaban J connectivity index is 1.42. The third-order valence-electron chi connectivity index (χ3n) is 6.31. The standard InChI is InChI=1S/C20H29N5O2/c1-14(23-7-3-4-8-23)20(27)25-10-6-18-17(13-25)11-21-19(22-18)16-5-9-24(12-16)15(2)26/h11,14,16H,3-10,12-13H2,1-2H3. The van der Waals surface area contributed by atoms with E-state index in [1.54, 1.807) is 6.92 Å². The summed E-state index contributed by atoms with van der Waals surface area (Å²) in [5.74, 6) is 1.42. The number of carbonyl (C=O) groups excluding carboxylic acids is 2. The highest BCUT2D eigenvalue weighted by Gasteiger charge is 2.32. The Hall–Kier alpha value is -2.02. The second kappa shape index (κ2) is 7.54. The van der Waals surface area contributed by atoms with Crippen molar-refractivity contribution in [2.45, 2.75) is 58.0 Å². The summed E-state index contributed by atoms with van der Waals surface area (Å²) < 4.78 is 0. The molecule has 7 nitrogen and oxygen atoms in total. The summed E-state index contributed by atoms with van der Waals surface area (Å²) in [4.78, 5) is 39.9. The van der Waals surface area contributed by atoms with Gasteiger partial charge < -0.3 is 9.80 Å². The number of carbonyl (C=O) groups is 2. The first-order valence-electron chi connectivity index (χ1n) is 10.2. The lowest BCUT2D eigenvalue weighted by Crippen LogP contribution is -2.47. The second-order valence-electron chi connectivity index (χ2n) is 8.08. The highest BCUT2D eigenvalue weighted by molar-refractivity contribution is 5.81. The van der Waals surface area contributed by atoms with E-state index in [4.69, 9.17) is 4.98 Å². The Morgan fingerprint density at radius 2 is 1.93 bits per heavy atom. The van der Waals surface area contributed by atoms with Crippen LogP contribution >= 0.6 is 0 Å². The molecule has 7 heteroatoms. The van der Waals surface area contributed by atoms with Gasteiger partial charge in [0.15, 0.2) is 0 Å². The molecule has 2 unspecified atom stereocenters. The van der Waals surface area contributed by atoms with Crippen LogP contribution < -0.4 is 0 Å². The first kappa shape index (κ1) is 18.3. The Morgan fingerprint density at radius 1 is 1.15 bits per heavy atom. The minimum Gasteiger partial charge on any atom is -0.342 e. The molecule has 1 aromatic rings. The van der Waals surface area contributed by atoms with Gasteiger partial charge in [-0.15, -0.1) is 0 Å². The fourth-order valence-corrected chi connectivity index (χ4v) is 4.52. The van der Waals surface area contributed by atoms with Gasteiger partial charge in [0.1, 0.15) is 5.82 Å². The largest absolute Gasteiger partial charge is 0.342 e. The van der Waals surface area contributed by atoms with Crippen molar-refractivity contribution in [3.8, 4) is 0 Å². The lowest BCUT2D eigenvalue weighted by molar-refractivity contribution is -0.137. The maximum absolute atomic E-state index is 12.9. The van der Waals surface area contributed by atoms with Crippen molar-refractivity contribution in [3.63, 3.8) is 0 Å². The van der Waals surface area contributed by atoms with Gasteiger partial charge in [0, 0.05) is 57.2 Å². The van der Waals surface area contributed by atoms with E-state index in [-0.39, 0.29) is 23.8 Å². The third-order valence-corrected chi connectivity index (χ3v) is 6.31. The molecule has 0 bridgehead atoms. The molecule has 2 amide bonds. The molecule has 2 saturated heterocycles. The van der Waals surface area contributed by atoms with Crippen LogP contribution in [0.2, 0.25) is 0 Å². The zero-order valence-electron chi connectivity index (χ0n) is 16.4. The van der Waals surface area contributed by atoms with Crippen molar-refractivity contribution in [2.75, 3.05) is 32.7 Å². The van der Waals surface area contributed by atoms with E-state index in [1.165, 1.54) is 12.8 Å². The van der Waals surface area contributed by atoms with E-state index in [1.807, 2.05) is 22.9 Å². The molecule has 146 valence electrons. The van der Waals surface area contributed by atoms with Crippen LogP contribution in [0.3, 0.4) is 0 Å². The molecular formula is C20H29N5O2. The lowest BCUT2D eigenvalue weighted by atomic mass is 10.0. The number of likely N-dealkylation sites (tertiary alicyclic amines) is 2. The first-order chi connectivity index (χ1) is 13.0. The number of hydrogen-bond acceptors (Lipinski definition) is 5. The first-order valence-corrected chi connectivity index (χ1v) is 10.2. The molecule has 0 saturated carbocycles. The highest BCUT2D eigenvalue weighted by atomic mass is 16.2. The van der Waals surface area contributed by atoms with Crippen molar-refractivity contribution >= 4 is 11.8 Å². The van der Waals surface area contributed by atoms with Crippen molar-refractivity contribution < 1.29 is 9.59 Å². The predicted octanol–water partition coefficient (Wildman–Crippen LogP) is 1.18. The molecule has 27 heavy (non-hydrogen) atoms. The van der Waals surface area contributed by atoms with Gasteiger partial charge in [-0.05, 0) is 39.3 Å². The van der Waals surface area contributed by atoms with Gasteiger partial charge in [-0.25, -0.2) is 9.97 Å². The molecule has 4 heterocycles. The molecule has 0 aliphatic carbocycles. The van der Waals surface area contributed by atoms with Crippen LogP contribution in [-0.2, 0) is 22.6 Å². The summed E-state index contributed by atoms with van der Waals surface area (Å²) in [6.45, 7) is 8.55. The topological polar surface area (TPSA) is 69.6 Å². The summed E-state index contributed by atoms with van der Waals surface area (Å²) in [6.07, 6.45) is 6.00. The lowest BCUT2D eigenvalue weighted by Gasteiger charge is -2.33. The zero-order valence-corrected chi connectivity index (χ0v) is 16.4. The van der Waals surface area contributed by atoms with Crippen LogP contribution in [-0.4, -0.2) is 75.2 Å². The molecule has 4 rings (SSSR count). The molecular weight excluding hydrogens is 342 g/mol. The molecule has 2 fully saturated rings. The molecule has 3 aliphatic heterocycles. The van der Waals surface area contributed by atoms with E-state index in [9.17, 15) is 9.59 Å². The average molecular weight is 371 g/mol. The van der Waals surface area contributed by atoms with Crippen LogP contribution in [0, 0.1) is 0 Å². The normalized spacial score (nSPS) is 24.1. The van der Waals surface area contributed by atoms with Gasteiger partial charge >= 0.3 is 0 Å².